The molecule has 6 atom stereocenters. The second-order valence-electron chi connectivity index (χ2n) is 7.11. The Morgan fingerprint density at radius 3 is 2.33 bits per heavy atom. The van der Waals surface area contributed by atoms with Crippen molar-refractivity contribution in [3.63, 3.8) is 0 Å². The molecule has 0 spiro atoms. The Morgan fingerprint density at radius 2 is 1.71 bits per heavy atom. The van der Waals surface area contributed by atoms with E-state index in [-0.39, 0.29) is 18.1 Å². The van der Waals surface area contributed by atoms with E-state index in [1.165, 1.54) is 6.08 Å². The van der Waals surface area contributed by atoms with E-state index >= 15 is 0 Å². The van der Waals surface area contributed by atoms with Crippen LogP contribution in [0.4, 0.5) is 0 Å². The molecule has 2 unspecified atom stereocenters. The molecule has 0 aromatic rings. The van der Waals surface area contributed by atoms with Crippen LogP contribution in [0.1, 0.15) is 32.1 Å². The first kappa shape index (κ1) is 17.8. The van der Waals surface area contributed by atoms with E-state index in [2.05, 4.69) is 0 Å². The van der Waals surface area contributed by atoms with Crippen LogP contribution in [-0.4, -0.2) is 73.4 Å². The van der Waals surface area contributed by atoms with Gasteiger partial charge in [0.05, 0.1) is 12.4 Å². The maximum atomic E-state index is 11.3. The number of aliphatic hydroxyl groups is 6. The van der Waals surface area contributed by atoms with Gasteiger partial charge in [-0.1, -0.05) is 18.9 Å². The molecule has 0 aromatic heterocycles. The molecule has 3 aliphatic rings. The van der Waals surface area contributed by atoms with Crippen LogP contribution in [0.2, 0.25) is 0 Å². The fourth-order valence-electron chi connectivity index (χ4n) is 4.26. The van der Waals surface area contributed by atoms with E-state index in [4.69, 9.17) is 4.74 Å². The smallest absolute Gasteiger partial charge is 0.122 e. The van der Waals surface area contributed by atoms with Gasteiger partial charge < -0.3 is 35.4 Å². The van der Waals surface area contributed by atoms with Crippen molar-refractivity contribution in [3.8, 4) is 0 Å². The van der Waals surface area contributed by atoms with Gasteiger partial charge in [-0.2, -0.15) is 0 Å². The highest BCUT2D eigenvalue weighted by molar-refractivity contribution is 5.35. The van der Waals surface area contributed by atoms with Crippen LogP contribution in [0.5, 0.6) is 0 Å². The topological polar surface area (TPSA) is 131 Å². The van der Waals surface area contributed by atoms with Gasteiger partial charge in [-0.15, -0.1) is 0 Å². The molecule has 0 bridgehead atoms. The summed E-state index contributed by atoms with van der Waals surface area (Å²) in [4.78, 5) is 0. The highest BCUT2D eigenvalue weighted by atomic mass is 16.6. The standard InChI is InChI=1S/C17H26O7/c18-8-12-13(20)14(21)15(22)16(24-12)17(23)7-10(19)5-6-11(17)9-3-1-2-4-9/h5-6,9,12-16,18-23H,1-4,7-8H2/t12-,13-,14+,15-,16?,17?/m1/s1. The van der Waals surface area contributed by atoms with Crippen molar-refractivity contribution in [2.45, 2.75) is 68.2 Å². The largest absolute Gasteiger partial charge is 0.512 e. The van der Waals surface area contributed by atoms with Crippen molar-refractivity contribution < 1.29 is 35.4 Å². The summed E-state index contributed by atoms with van der Waals surface area (Å²) < 4.78 is 5.57. The van der Waals surface area contributed by atoms with Gasteiger partial charge in [-0.25, -0.2) is 0 Å². The first-order chi connectivity index (χ1) is 11.4. The van der Waals surface area contributed by atoms with Crippen molar-refractivity contribution in [3.05, 3.63) is 23.5 Å². The quantitative estimate of drug-likeness (QED) is 0.408. The summed E-state index contributed by atoms with van der Waals surface area (Å²) in [6, 6.07) is 0. The molecule has 0 aromatic carbocycles. The molecule has 1 aliphatic heterocycles. The normalized spacial score (nSPS) is 44.3. The van der Waals surface area contributed by atoms with Crippen molar-refractivity contribution >= 4 is 0 Å². The average molecular weight is 342 g/mol. The van der Waals surface area contributed by atoms with E-state index in [1.807, 2.05) is 0 Å². The molecule has 24 heavy (non-hydrogen) atoms. The lowest BCUT2D eigenvalue weighted by Crippen LogP contribution is -2.66. The van der Waals surface area contributed by atoms with E-state index in [0.29, 0.717) is 5.57 Å². The number of aliphatic hydroxyl groups excluding tert-OH is 5. The molecule has 6 N–H and O–H groups in total. The average Bonchev–Trinajstić information content (AvgIpc) is 3.07. The van der Waals surface area contributed by atoms with Crippen LogP contribution < -0.4 is 0 Å². The summed E-state index contributed by atoms with van der Waals surface area (Å²) in [7, 11) is 0. The van der Waals surface area contributed by atoms with Crippen molar-refractivity contribution in [2.75, 3.05) is 6.61 Å². The number of hydrogen-bond acceptors (Lipinski definition) is 7. The lowest BCUT2D eigenvalue weighted by Gasteiger charge is -2.49. The van der Waals surface area contributed by atoms with E-state index in [9.17, 15) is 30.6 Å². The van der Waals surface area contributed by atoms with Crippen molar-refractivity contribution in [1.29, 1.82) is 0 Å². The molecule has 3 rings (SSSR count). The van der Waals surface area contributed by atoms with Crippen LogP contribution in [0.25, 0.3) is 0 Å². The Labute approximate surface area is 140 Å². The monoisotopic (exact) mass is 342 g/mol. The van der Waals surface area contributed by atoms with Crippen molar-refractivity contribution in [1.82, 2.24) is 0 Å². The third kappa shape index (κ3) is 2.89. The van der Waals surface area contributed by atoms with Crippen LogP contribution in [0.15, 0.2) is 23.5 Å². The minimum Gasteiger partial charge on any atom is -0.512 e. The van der Waals surface area contributed by atoms with Gasteiger partial charge in [0.25, 0.3) is 0 Å². The lowest BCUT2D eigenvalue weighted by atomic mass is 9.71. The molecule has 2 aliphatic carbocycles. The second kappa shape index (κ2) is 6.74. The molecule has 1 saturated heterocycles. The second-order valence-corrected chi connectivity index (χ2v) is 7.11. The molecule has 7 nitrogen and oxygen atoms in total. The molecule has 2 fully saturated rings. The first-order valence-corrected chi connectivity index (χ1v) is 8.51. The number of allylic oxidation sites excluding steroid dienone is 2. The number of rotatable bonds is 3. The lowest BCUT2D eigenvalue weighted by molar-refractivity contribution is -0.265. The summed E-state index contributed by atoms with van der Waals surface area (Å²) in [5, 5.41) is 61.0. The van der Waals surface area contributed by atoms with E-state index in [1.54, 1.807) is 6.08 Å². The minimum absolute atomic E-state index is 0.0452. The van der Waals surface area contributed by atoms with Gasteiger partial charge in [0.15, 0.2) is 0 Å². The minimum atomic E-state index is -1.69. The zero-order valence-corrected chi connectivity index (χ0v) is 13.5. The Morgan fingerprint density at radius 1 is 1.04 bits per heavy atom. The Balaban J connectivity index is 1.94. The Bertz CT molecular complexity index is 523. The molecule has 1 heterocycles. The summed E-state index contributed by atoms with van der Waals surface area (Å²) in [6.07, 6.45) is 0.0416. The third-order valence-electron chi connectivity index (χ3n) is 5.56. The number of hydrogen-bond donors (Lipinski definition) is 6. The highest BCUT2D eigenvalue weighted by Gasteiger charge is 2.55. The molecule has 7 heteroatoms. The van der Waals surface area contributed by atoms with Crippen LogP contribution in [0, 0.1) is 5.92 Å². The SMILES string of the molecule is OC[C@H]1OC(C2(O)CC(O)=CC=C2C2CCCC2)[C@H](O)[C@@H](O)[C@@H]1O. The van der Waals surface area contributed by atoms with Crippen molar-refractivity contribution in [2.24, 2.45) is 5.92 Å². The first-order valence-electron chi connectivity index (χ1n) is 8.51. The van der Waals surface area contributed by atoms with Crippen LogP contribution >= 0.6 is 0 Å². The Kier molecular flexibility index (Phi) is 5.01. The van der Waals surface area contributed by atoms with Crippen LogP contribution in [-0.2, 0) is 4.74 Å². The van der Waals surface area contributed by atoms with Gasteiger partial charge in [0.2, 0.25) is 0 Å². The third-order valence-corrected chi connectivity index (χ3v) is 5.56. The maximum absolute atomic E-state index is 11.3. The predicted octanol–water partition coefficient (Wildman–Crippen LogP) is -0.478. The van der Waals surface area contributed by atoms with Gasteiger partial charge in [0.1, 0.15) is 36.1 Å². The zero-order valence-electron chi connectivity index (χ0n) is 13.5. The van der Waals surface area contributed by atoms with Gasteiger partial charge in [-0.3, -0.25) is 0 Å². The predicted molar refractivity (Wildman–Crippen MR) is 84.1 cm³/mol. The van der Waals surface area contributed by atoms with Gasteiger partial charge in [0, 0.05) is 6.42 Å². The fourth-order valence-corrected chi connectivity index (χ4v) is 4.26. The Hall–Kier alpha value is -0.960. The number of ether oxygens (including phenoxy) is 1. The zero-order chi connectivity index (χ0) is 17.5. The molecule has 136 valence electrons. The molecular weight excluding hydrogens is 316 g/mol. The summed E-state index contributed by atoms with van der Waals surface area (Å²) >= 11 is 0. The fraction of sp³-hybridized carbons (Fsp3) is 0.765. The molecule has 1 saturated carbocycles. The summed E-state index contributed by atoms with van der Waals surface area (Å²) in [5.74, 6) is 0.0722. The molecular formula is C17H26O7. The molecule has 0 amide bonds. The van der Waals surface area contributed by atoms with Crippen LogP contribution in [0.3, 0.4) is 0 Å². The summed E-state index contributed by atoms with van der Waals surface area (Å²) in [5.41, 5.74) is -1.02. The summed E-state index contributed by atoms with van der Waals surface area (Å²) in [6.45, 7) is -0.554. The van der Waals surface area contributed by atoms with Gasteiger partial charge >= 0.3 is 0 Å². The van der Waals surface area contributed by atoms with Gasteiger partial charge in [-0.05, 0) is 30.4 Å². The highest BCUT2D eigenvalue weighted by Crippen LogP contribution is 2.45. The molecule has 0 radical (unpaired) electrons. The van der Waals surface area contributed by atoms with E-state index < -0.39 is 42.7 Å². The maximum Gasteiger partial charge on any atom is 0.122 e. The van der Waals surface area contributed by atoms with E-state index in [0.717, 1.165) is 25.7 Å².